The normalized spacial score (nSPS) is 12.8. The number of methoxy groups -OCH3 is 1. The summed E-state index contributed by atoms with van der Waals surface area (Å²) >= 11 is 0. The van der Waals surface area contributed by atoms with E-state index in [0.29, 0.717) is 19.1 Å². The van der Waals surface area contributed by atoms with Crippen molar-refractivity contribution in [3.63, 3.8) is 0 Å². The molecule has 0 unspecified atom stereocenters. The van der Waals surface area contributed by atoms with Gasteiger partial charge in [0.2, 0.25) is 0 Å². The zero-order chi connectivity index (χ0) is 13.5. The lowest BCUT2D eigenvalue weighted by Crippen LogP contribution is -2.28. The molecule has 1 aromatic carbocycles. The van der Waals surface area contributed by atoms with Gasteiger partial charge in [-0.3, -0.25) is 0 Å². The summed E-state index contributed by atoms with van der Waals surface area (Å²) in [6.45, 7) is 4.93. The maximum absolute atomic E-state index is 13.5. The molecule has 3 nitrogen and oxygen atoms in total. The summed E-state index contributed by atoms with van der Waals surface area (Å²) in [5.41, 5.74) is 6.99. The van der Waals surface area contributed by atoms with Crippen LogP contribution < -0.4 is 10.5 Å². The molecule has 102 valence electrons. The fourth-order valence-corrected chi connectivity index (χ4v) is 1.53. The fourth-order valence-electron chi connectivity index (χ4n) is 1.53. The molecule has 2 N–H and O–H groups in total. The lowest BCUT2D eigenvalue weighted by molar-refractivity contribution is 0.144. The smallest absolute Gasteiger partial charge is 0.165 e. The number of nitrogens with two attached hydrogens (primary N) is 1. The Morgan fingerprint density at radius 1 is 1.28 bits per heavy atom. The molecule has 4 heteroatoms. The average Bonchev–Trinajstić information content (AvgIpc) is 2.33. The van der Waals surface area contributed by atoms with Gasteiger partial charge in [0, 0.05) is 13.2 Å². The molecule has 0 heterocycles. The number of benzene rings is 1. The van der Waals surface area contributed by atoms with Crippen LogP contribution in [0, 0.1) is 11.7 Å². The predicted octanol–water partition coefficient (Wildman–Crippen LogP) is 2.38. The fraction of sp³-hybridized carbons (Fsp3) is 0.571. The SMILES string of the molecule is COCCOc1cc(C[C@@H](N)C(C)C)ccc1F. The van der Waals surface area contributed by atoms with Crippen LogP contribution in [0.5, 0.6) is 5.75 Å². The molecule has 1 rings (SSSR count). The molecule has 0 amide bonds. The third-order valence-corrected chi connectivity index (χ3v) is 2.87. The van der Waals surface area contributed by atoms with Gasteiger partial charge in [-0.1, -0.05) is 19.9 Å². The minimum atomic E-state index is -0.354. The highest BCUT2D eigenvalue weighted by Crippen LogP contribution is 2.20. The second kappa shape index (κ2) is 7.34. The second-order valence-corrected chi connectivity index (χ2v) is 4.72. The van der Waals surface area contributed by atoms with Crippen LogP contribution in [0.25, 0.3) is 0 Å². The maximum atomic E-state index is 13.5. The third kappa shape index (κ3) is 4.63. The predicted molar refractivity (Wildman–Crippen MR) is 70.3 cm³/mol. The van der Waals surface area contributed by atoms with Gasteiger partial charge in [0.05, 0.1) is 6.61 Å². The molecule has 0 saturated heterocycles. The van der Waals surface area contributed by atoms with Crippen molar-refractivity contribution in [3.05, 3.63) is 29.6 Å². The monoisotopic (exact) mass is 255 g/mol. The van der Waals surface area contributed by atoms with Crippen molar-refractivity contribution in [1.82, 2.24) is 0 Å². The minimum Gasteiger partial charge on any atom is -0.488 e. The number of halogens is 1. The first-order valence-corrected chi connectivity index (χ1v) is 6.20. The van der Waals surface area contributed by atoms with E-state index in [1.807, 2.05) is 0 Å². The Labute approximate surface area is 108 Å². The van der Waals surface area contributed by atoms with E-state index < -0.39 is 0 Å². The van der Waals surface area contributed by atoms with Crippen molar-refractivity contribution in [1.29, 1.82) is 0 Å². The van der Waals surface area contributed by atoms with Gasteiger partial charge >= 0.3 is 0 Å². The van der Waals surface area contributed by atoms with Crippen molar-refractivity contribution in [3.8, 4) is 5.75 Å². The lowest BCUT2D eigenvalue weighted by atomic mass is 9.97. The van der Waals surface area contributed by atoms with Crippen molar-refractivity contribution >= 4 is 0 Å². The Morgan fingerprint density at radius 3 is 2.61 bits per heavy atom. The summed E-state index contributed by atoms with van der Waals surface area (Å²) in [6, 6.07) is 4.96. The van der Waals surface area contributed by atoms with Crippen LogP contribution in [-0.2, 0) is 11.2 Å². The molecule has 0 spiro atoms. The van der Waals surface area contributed by atoms with E-state index in [4.69, 9.17) is 15.2 Å². The van der Waals surface area contributed by atoms with E-state index >= 15 is 0 Å². The number of hydrogen-bond donors (Lipinski definition) is 1. The number of ether oxygens (including phenoxy) is 2. The van der Waals surface area contributed by atoms with E-state index in [1.54, 1.807) is 19.2 Å². The van der Waals surface area contributed by atoms with E-state index in [-0.39, 0.29) is 17.6 Å². The standard InChI is InChI=1S/C14H22FNO2/c1-10(2)13(16)8-11-4-5-12(15)14(9-11)18-7-6-17-3/h4-5,9-10,13H,6-8,16H2,1-3H3/t13-/m1/s1. The highest BCUT2D eigenvalue weighted by molar-refractivity contribution is 5.30. The maximum Gasteiger partial charge on any atom is 0.165 e. The first-order chi connectivity index (χ1) is 8.54. The van der Waals surface area contributed by atoms with Gasteiger partial charge in [-0.25, -0.2) is 4.39 Å². The molecule has 0 aliphatic carbocycles. The zero-order valence-electron chi connectivity index (χ0n) is 11.3. The molecule has 0 aliphatic rings. The largest absolute Gasteiger partial charge is 0.488 e. The van der Waals surface area contributed by atoms with Crippen LogP contribution in [-0.4, -0.2) is 26.4 Å². The topological polar surface area (TPSA) is 44.5 Å². The summed E-state index contributed by atoms with van der Waals surface area (Å²) < 4.78 is 23.7. The molecule has 0 saturated carbocycles. The highest BCUT2D eigenvalue weighted by Gasteiger charge is 2.11. The number of hydrogen-bond acceptors (Lipinski definition) is 3. The third-order valence-electron chi connectivity index (χ3n) is 2.87. The molecule has 1 atom stereocenters. The van der Waals surface area contributed by atoms with Gasteiger partial charge in [-0.05, 0) is 30.0 Å². The summed E-state index contributed by atoms with van der Waals surface area (Å²) in [5, 5.41) is 0. The van der Waals surface area contributed by atoms with E-state index in [0.717, 1.165) is 12.0 Å². The first kappa shape index (κ1) is 14.9. The molecule has 0 bridgehead atoms. The Morgan fingerprint density at radius 2 is 2.00 bits per heavy atom. The summed E-state index contributed by atoms with van der Waals surface area (Å²) in [7, 11) is 1.58. The van der Waals surface area contributed by atoms with Gasteiger partial charge < -0.3 is 15.2 Å². The zero-order valence-corrected chi connectivity index (χ0v) is 11.3. The van der Waals surface area contributed by atoms with Gasteiger partial charge in [0.25, 0.3) is 0 Å². The van der Waals surface area contributed by atoms with Crippen LogP contribution >= 0.6 is 0 Å². The van der Waals surface area contributed by atoms with E-state index in [2.05, 4.69) is 13.8 Å². The van der Waals surface area contributed by atoms with E-state index in [1.165, 1.54) is 6.07 Å². The van der Waals surface area contributed by atoms with Crippen LogP contribution in [0.1, 0.15) is 19.4 Å². The van der Waals surface area contributed by atoms with Crippen LogP contribution in [0.3, 0.4) is 0 Å². The van der Waals surface area contributed by atoms with Gasteiger partial charge in [-0.15, -0.1) is 0 Å². The Bertz CT molecular complexity index is 369. The average molecular weight is 255 g/mol. The summed E-state index contributed by atoms with van der Waals surface area (Å²) in [5.74, 6) is 0.307. The summed E-state index contributed by atoms with van der Waals surface area (Å²) in [6.07, 6.45) is 0.721. The quantitative estimate of drug-likeness (QED) is 0.761. The van der Waals surface area contributed by atoms with Crippen LogP contribution in [0.4, 0.5) is 4.39 Å². The van der Waals surface area contributed by atoms with Crippen LogP contribution in [0.15, 0.2) is 18.2 Å². The number of rotatable bonds is 7. The highest BCUT2D eigenvalue weighted by atomic mass is 19.1. The van der Waals surface area contributed by atoms with Crippen molar-refractivity contribution < 1.29 is 13.9 Å². The molecular weight excluding hydrogens is 233 g/mol. The van der Waals surface area contributed by atoms with E-state index in [9.17, 15) is 4.39 Å². The molecule has 0 aliphatic heterocycles. The molecule has 0 fully saturated rings. The van der Waals surface area contributed by atoms with Crippen molar-refractivity contribution in [2.45, 2.75) is 26.3 Å². The molecule has 1 aromatic rings. The Balaban J connectivity index is 2.67. The van der Waals surface area contributed by atoms with Crippen LogP contribution in [0.2, 0.25) is 0 Å². The van der Waals surface area contributed by atoms with Crippen molar-refractivity contribution in [2.24, 2.45) is 11.7 Å². The van der Waals surface area contributed by atoms with Gasteiger partial charge in [-0.2, -0.15) is 0 Å². The Hall–Kier alpha value is -1.13. The molecule has 18 heavy (non-hydrogen) atoms. The van der Waals surface area contributed by atoms with Gasteiger partial charge in [0.1, 0.15) is 6.61 Å². The lowest BCUT2D eigenvalue weighted by Gasteiger charge is -2.16. The molecule has 0 aromatic heterocycles. The molecule has 0 radical (unpaired) electrons. The second-order valence-electron chi connectivity index (χ2n) is 4.72. The van der Waals surface area contributed by atoms with Crippen molar-refractivity contribution in [2.75, 3.05) is 20.3 Å². The first-order valence-electron chi connectivity index (χ1n) is 6.20. The molecular formula is C14H22FNO2. The summed E-state index contributed by atoms with van der Waals surface area (Å²) in [4.78, 5) is 0. The Kier molecular flexibility index (Phi) is 6.09. The minimum absolute atomic E-state index is 0.0716. The van der Waals surface area contributed by atoms with Gasteiger partial charge in [0.15, 0.2) is 11.6 Å².